The van der Waals surface area contributed by atoms with Crippen LogP contribution in [0.3, 0.4) is 0 Å². The molecule has 0 saturated carbocycles. The van der Waals surface area contributed by atoms with E-state index in [0.717, 1.165) is 0 Å². The molecule has 1 aliphatic heterocycles. The van der Waals surface area contributed by atoms with Crippen LogP contribution in [-0.4, -0.2) is 46.3 Å². The van der Waals surface area contributed by atoms with E-state index in [0.29, 0.717) is 18.5 Å². The van der Waals surface area contributed by atoms with Gasteiger partial charge in [0.1, 0.15) is 0 Å². The molecule has 3 rings (SSSR count). The van der Waals surface area contributed by atoms with Gasteiger partial charge in [0, 0.05) is 12.5 Å². The van der Waals surface area contributed by atoms with Crippen molar-refractivity contribution in [3.8, 4) is 5.69 Å². The minimum absolute atomic E-state index is 0.127. The average Bonchev–Trinajstić information content (AvgIpc) is 3.09. The van der Waals surface area contributed by atoms with Crippen molar-refractivity contribution in [3.63, 3.8) is 0 Å². The van der Waals surface area contributed by atoms with E-state index in [1.165, 1.54) is 4.68 Å². The maximum Gasteiger partial charge on any atom is 0.272 e. The monoisotopic (exact) mass is 307 g/mol. The molecule has 2 heterocycles. The molecular weight excluding hydrogens is 294 g/mol. The molecule has 1 fully saturated rings. The molecule has 0 radical (unpaired) electrons. The van der Waals surface area contributed by atoms with E-state index in [9.17, 15) is 13.2 Å². The lowest BCUT2D eigenvalue weighted by Crippen LogP contribution is -2.33. The van der Waals surface area contributed by atoms with Gasteiger partial charge in [0.25, 0.3) is 5.16 Å². The van der Waals surface area contributed by atoms with Crippen LogP contribution in [0.15, 0.2) is 35.5 Å². The molecule has 1 aliphatic rings. The topological polar surface area (TPSA) is 107 Å². The fourth-order valence-electron chi connectivity index (χ4n) is 2.25. The van der Waals surface area contributed by atoms with Crippen LogP contribution in [0, 0.1) is 0 Å². The van der Waals surface area contributed by atoms with Crippen LogP contribution in [0.2, 0.25) is 0 Å². The van der Waals surface area contributed by atoms with Crippen LogP contribution in [0.25, 0.3) is 5.69 Å². The number of carbonyl (C=O) groups excluding carboxylic acids is 1. The van der Waals surface area contributed by atoms with Gasteiger partial charge in [0.2, 0.25) is 15.7 Å². The Hall–Kier alpha value is -2.29. The Morgan fingerprint density at radius 2 is 2.05 bits per heavy atom. The molecule has 21 heavy (non-hydrogen) atoms. The first-order valence-corrected chi connectivity index (χ1v) is 8.07. The van der Waals surface area contributed by atoms with Gasteiger partial charge in [-0.05, 0) is 29.0 Å². The summed E-state index contributed by atoms with van der Waals surface area (Å²) >= 11 is 0. The maximum absolute atomic E-state index is 12.4. The summed E-state index contributed by atoms with van der Waals surface area (Å²) in [5, 5.41) is 13.2. The predicted molar refractivity (Wildman–Crippen MR) is 72.4 cm³/mol. The van der Waals surface area contributed by atoms with Gasteiger partial charge >= 0.3 is 0 Å². The highest BCUT2D eigenvalue weighted by atomic mass is 32.2. The van der Waals surface area contributed by atoms with Gasteiger partial charge in [-0.15, -0.1) is 0 Å². The highest BCUT2D eigenvalue weighted by Crippen LogP contribution is 2.16. The molecule has 8 nitrogen and oxygen atoms in total. The number of carbonyl (C=O) groups is 1. The highest BCUT2D eigenvalue weighted by Gasteiger charge is 2.31. The minimum atomic E-state index is -3.69. The summed E-state index contributed by atoms with van der Waals surface area (Å²) in [6.07, 6.45) is 0.856. The number of rotatable bonds is 4. The van der Waals surface area contributed by atoms with Crippen molar-refractivity contribution in [2.45, 2.75) is 24.0 Å². The van der Waals surface area contributed by atoms with E-state index in [4.69, 9.17) is 0 Å². The summed E-state index contributed by atoms with van der Waals surface area (Å²) in [7, 11) is -3.69. The Morgan fingerprint density at radius 3 is 2.71 bits per heavy atom. The number of aromatic nitrogens is 4. The van der Waals surface area contributed by atoms with E-state index < -0.39 is 9.84 Å². The summed E-state index contributed by atoms with van der Waals surface area (Å²) in [5.74, 6) is -0.329. The zero-order valence-electron chi connectivity index (χ0n) is 11.0. The molecule has 1 amide bonds. The molecule has 2 aromatic rings. The van der Waals surface area contributed by atoms with Crippen LogP contribution in [0.5, 0.6) is 0 Å². The summed E-state index contributed by atoms with van der Waals surface area (Å²) in [6.45, 7) is 0. The normalized spacial score (nSPS) is 18.7. The Morgan fingerprint density at radius 1 is 1.29 bits per heavy atom. The molecule has 110 valence electrons. The highest BCUT2D eigenvalue weighted by molar-refractivity contribution is 7.91. The standard InChI is InChI=1S/C12H13N5O3S/c18-11-7-6-9(13-11)8-21(19,20)12-14-15-16-17(12)10-4-2-1-3-5-10/h1-5,9H,6-8H2,(H,13,18)/t9-/m1/s1. The number of para-hydroxylation sites is 1. The number of nitrogens with one attached hydrogen (secondary N) is 1. The number of hydrogen-bond acceptors (Lipinski definition) is 6. The Balaban J connectivity index is 1.90. The van der Waals surface area contributed by atoms with Crippen molar-refractivity contribution in [1.29, 1.82) is 0 Å². The molecule has 1 saturated heterocycles. The lowest BCUT2D eigenvalue weighted by atomic mass is 10.2. The van der Waals surface area contributed by atoms with Gasteiger partial charge in [-0.2, -0.15) is 4.68 Å². The van der Waals surface area contributed by atoms with Crippen molar-refractivity contribution in [2.75, 3.05) is 5.75 Å². The molecule has 1 aromatic carbocycles. The summed E-state index contributed by atoms with van der Waals surface area (Å²) in [5.41, 5.74) is 0.566. The molecule has 0 spiro atoms. The molecule has 1 aromatic heterocycles. The molecule has 9 heteroatoms. The second-order valence-corrected chi connectivity index (χ2v) is 6.72. The van der Waals surface area contributed by atoms with Crippen molar-refractivity contribution in [3.05, 3.63) is 30.3 Å². The van der Waals surface area contributed by atoms with E-state index in [2.05, 4.69) is 20.8 Å². The first-order chi connectivity index (χ1) is 10.1. The lowest BCUT2D eigenvalue weighted by Gasteiger charge is -2.10. The lowest BCUT2D eigenvalue weighted by molar-refractivity contribution is -0.119. The summed E-state index contributed by atoms with van der Waals surface area (Å²) < 4.78 is 26.1. The summed E-state index contributed by atoms with van der Waals surface area (Å²) in [4.78, 5) is 11.2. The van der Waals surface area contributed by atoms with Crippen LogP contribution >= 0.6 is 0 Å². The SMILES string of the molecule is O=C1CC[C@H](CS(=O)(=O)c2nnnn2-c2ccccc2)N1. The van der Waals surface area contributed by atoms with E-state index in [1.807, 2.05) is 6.07 Å². The Bertz CT molecular complexity index is 756. The largest absolute Gasteiger partial charge is 0.352 e. The Kier molecular flexibility index (Phi) is 3.42. The van der Waals surface area contributed by atoms with Gasteiger partial charge < -0.3 is 5.32 Å². The molecule has 0 unspecified atom stereocenters. The van der Waals surface area contributed by atoms with Gasteiger partial charge in [0.15, 0.2) is 0 Å². The van der Waals surface area contributed by atoms with Gasteiger partial charge in [0.05, 0.1) is 11.4 Å². The zero-order valence-corrected chi connectivity index (χ0v) is 11.8. The van der Waals surface area contributed by atoms with Gasteiger partial charge in [-0.1, -0.05) is 23.3 Å². The van der Waals surface area contributed by atoms with Crippen molar-refractivity contribution < 1.29 is 13.2 Å². The smallest absolute Gasteiger partial charge is 0.272 e. The number of amides is 1. The third-order valence-corrected chi connectivity index (χ3v) is 4.88. The second kappa shape index (κ2) is 5.24. The number of sulfone groups is 1. The molecule has 0 bridgehead atoms. The zero-order chi connectivity index (χ0) is 14.9. The predicted octanol–water partition coefficient (Wildman–Crippen LogP) is -0.285. The number of nitrogens with zero attached hydrogens (tertiary/aromatic N) is 4. The first-order valence-electron chi connectivity index (χ1n) is 6.42. The fraction of sp³-hybridized carbons (Fsp3) is 0.333. The van der Waals surface area contributed by atoms with Gasteiger partial charge in [-0.3, -0.25) is 4.79 Å². The fourth-order valence-corrected chi connectivity index (χ4v) is 3.74. The first kappa shape index (κ1) is 13.7. The van der Waals surface area contributed by atoms with Crippen molar-refractivity contribution >= 4 is 15.7 Å². The maximum atomic E-state index is 12.4. The average molecular weight is 307 g/mol. The van der Waals surface area contributed by atoms with Crippen LogP contribution < -0.4 is 5.32 Å². The second-order valence-electron chi connectivity index (χ2n) is 4.79. The number of tetrazole rings is 1. The number of hydrogen-bond donors (Lipinski definition) is 1. The molecular formula is C12H13N5O3S. The third kappa shape index (κ3) is 2.77. The molecule has 0 aliphatic carbocycles. The quantitative estimate of drug-likeness (QED) is 0.832. The van der Waals surface area contributed by atoms with E-state index in [-0.39, 0.29) is 22.9 Å². The van der Waals surface area contributed by atoms with Crippen molar-refractivity contribution in [2.24, 2.45) is 0 Å². The van der Waals surface area contributed by atoms with E-state index >= 15 is 0 Å². The van der Waals surface area contributed by atoms with Gasteiger partial charge in [-0.25, -0.2) is 8.42 Å². The van der Waals surface area contributed by atoms with Crippen LogP contribution in [-0.2, 0) is 14.6 Å². The van der Waals surface area contributed by atoms with Crippen molar-refractivity contribution in [1.82, 2.24) is 25.5 Å². The minimum Gasteiger partial charge on any atom is -0.352 e. The third-order valence-electron chi connectivity index (χ3n) is 3.23. The molecule has 1 atom stereocenters. The van der Waals surface area contributed by atoms with E-state index in [1.54, 1.807) is 24.3 Å². The Labute approximate surface area is 121 Å². The van der Waals surface area contributed by atoms with Crippen LogP contribution in [0.4, 0.5) is 0 Å². The van der Waals surface area contributed by atoms with Crippen LogP contribution in [0.1, 0.15) is 12.8 Å². The summed E-state index contributed by atoms with van der Waals surface area (Å²) in [6, 6.07) is 8.40. The number of benzene rings is 1. The molecule has 1 N–H and O–H groups in total.